The number of hydrogen-bond acceptors (Lipinski definition) is 8. The second-order valence-electron chi connectivity index (χ2n) is 10.4. The van der Waals surface area contributed by atoms with Crippen molar-refractivity contribution in [2.45, 2.75) is 30.0 Å². The van der Waals surface area contributed by atoms with Crippen LogP contribution in [0.15, 0.2) is 64.7 Å². The van der Waals surface area contributed by atoms with Crippen molar-refractivity contribution in [3.05, 3.63) is 75.4 Å². The summed E-state index contributed by atoms with van der Waals surface area (Å²) in [4.78, 5) is 29.1. The Kier molecular flexibility index (Phi) is 11.6. The summed E-state index contributed by atoms with van der Waals surface area (Å²) in [6.07, 6.45) is 5.17. The summed E-state index contributed by atoms with van der Waals surface area (Å²) in [6.45, 7) is 1.40. The van der Waals surface area contributed by atoms with Crippen molar-refractivity contribution < 1.29 is 40.4 Å². The molecule has 0 saturated heterocycles. The molecule has 0 aromatic heterocycles. The number of fused-ring (bicyclic) bond motifs is 2. The van der Waals surface area contributed by atoms with Gasteiger partial charge in [0.25, 0.3) is 26.1 Å². The number of thioether (sulfide) groups is 1. The fraction of sp³-hybridized carbons (Fsp3) is 0.357. The third kappa shape index (κ3) is 10.2. The summed E-state index contributed by atoms with van der Waals surface area (Å²) in [6, 6.07) is 10.9. The van der Waals surface area contributed by atoms with Gasteiger partial charge in [-0.25, -0.2) is 0 Å². The van der Waals surface area contributed by atoms with Gasteiger partial charge in [-0.05, 0) is 54.0 Å². The van der Waals surface area contributed by atoms with E-state index in [0.717, 1.165) is 38.0 Å². The normalized spacial score (nSPS) is 19.0. The molecule has 0 radical (unpaired) electrons. The largest absolute Gasteiger partial charge is 0.353 e. The van der Waals surface area contributed by atoms with Gasteiger partial charge in [0, 0.05) is 47.0 Å². The summed E-state index contributed by atoms with van der Waals surface area (Å²) in [5.41, 5.74) is 4.28. The molecule has 2 unspecified atom stereocenters. The maximum atomic E-state index is 12.8. The van der Waals surface area contributed by atoms with E-state index in [9.17, 15) is 26.4 Å². The fourth-order valence-electron chi connectivity index (χ4n) is 5.00. The van der Waals surface area contributed by atoms with Crippen molar-refractivity contribution in [3.8, 4) is 0 Å². The van der Waals surface area contributed by atoms with Gasteiger partial charge in [-0.15, -0.1) is 0 Å². The van der Waals surface area contributed by atoms with E-state index in [2.05, 4.69) is 10.6 Å². The maximum absolute atomic E-state index is 12.8. The summed E-state index contributed by atoms with van der Waals surface area (Å²) in [5, 5.41) is 5.82. The molecule has 12 nitrogen and oxygen atoms in total. The Labute approximate surface area is 276 Å². The van der Waals surface area contributed by atoms with E-state index in [0.29, 0.717) is 22.9 Å². The Morgan fingerprint density at radius 1 is 1.00 bits per heavy atom. The maximum Gasteiger partial charge on any atom is 0.275 e. The van der Waals surface area contributed by atoms with Gasteiger partial charge in [0.05, 0.1) is 16.4 Å². The number of amides is 2. The minimum absolute atomic E-state index is 0.0135. The predicted molar refractivity (Wildman–Crippen MR) is 174 cm³/mol. The number of quaternary nitrogens is 1. The summed E-state index contributed by atoms with van der Waals surface area (Å²) in [7, 11) is -8.44. The smallest absolute Gasteiger partial charge is 0.275 e. The Morgan fingerprint density at radius 2 is 1.62 bits per heavy atom. The number of halogens is 2. The number of anilines is 1. The molecule has 2 heterocycles. The van der Waals surface area contributed by atoms with E-state index in [1.54, 1.807) is 36.0 Å². The predicted octanol–water partition coefficient (Wildman–Crippen LogP) is 2.23. The van der Waals surface area contributed by atoms with Crippen LogP contribution in [0.1, 0.15) is 18.9 Å². The first kappa shape index (κ1) is 35.2. The molecule has 2 aliphatic heterocycles. The van der Waals surface area contributed by atoms with Crippen LogP contribution in [0.3, 0.4) is 0 Å². The molecular formula is C28H33Cl2N4O8S3+. The molecule has 17 heteroatoms. The van der Waals surface area contributed by atoms with Crippen molar-refractivity contribution in [1.82, 2.24) is 10.6 Å². The van der Waals surface area contributed by atoms with Crippen molar-refractivity contribution in [3.63, 3.8) is 0 Å². The van der Waals surface area contributed by atoms with Crippen LogP contribution in [-0.2, 0) is 36.2 Å². The molecule has 4 rings (SSSR count). The fourth-order valence-corrected chi connectivity index (χ4v) is 7.39. The highest BCUT2D eigenvalue weighted by Crippen LogP contribution is 2.38. The third-order valence-corrected chi connectivity index (χ3v) is 10.3. The monoisotopic (exact) mass is 719 g/mol. The second-order valence-corrected chi connectivity index (χ2v) is 15.6. The number of hydrogen-bond donors (Lipinski definition) is 5. The Bertz CT molecular complexity index is 1750. The number of allylic oxidation sites excluding steroid dienone is 3. The number of nitrogens with zero attached hydrogens (tertiary/aromatic N) is 1. The van der Waals surface area contributed by atoms with Crippen LogP contribution in [0.2, 0.25) is 10.0 Å². The molecule has 5 N–H and O–H groups in total. The summed E-state index contributed by atoms with van der Waals surface area (Å²) >= 11 is 14.1. The molecule has 0 saturated carbocycles. The first-order chi connectivity index (χ1) is 21.1. The molecule has 244 valence electrons. The van der Waals surface area contributed by atoms with Crippen LogP contribution in [0.4, 0.5) is 11.4 Å². The van der Waals surface area contributed by atoms with Gasteiger partial charge in [-0.1, -0.05) is 48.0 Å². The molecule has 2 aliphatic rings. The van der Waals surface area contributed by atoms with Crippen LogP contribution >= 0.6 is 35.0 Å². The standard InChI is InChI=1S/C28H32Cl2N4O8S3/c1-2-18(11-22-13-19-3-4-20(29)14-23(19)33(22)16-26(35)31-7-9-44(37,38)39)12-28-34(17-27(36)32-8-10-45(40,41)42)24-15-21(30)5-6-25(24)43-28/h3-6,11-12,14-15,28H,2,7-10,13,16-17H2,1H3,(H,31,35)(H,32,36)(H,37,38,39)(H,40,41,42)/p+1/b18-12+,22-11+. The number of carbonyl (C=O) groups excluding carboxylic acids is 2. The van der Waals surface area contributed by atoms with Gasteiger partial charge in [-0.2, -0.15) is 16.8 Å². The lowest BCUT2D eigenvalue weighted by molar-refractivity contribution is -0.826. The topological polar surface area (TPSA) is 175 Å². The molecular weight excluding hydrogens is 687 g/mol. The van der Waals surface area contributed by atoms with Gasteiger partial charge in [0.1, 0.15) is 12.2 Å². The lowest BCUT2D eigenvalue weighted by Crippen LogP contribution is -3.10. The Hall–Kier alpha value is -2.63. The van der Waals surface area contributed by atoms with Gasteiger partial charge in [0.2, 0.25) is 5.91 Å². The summed E-state index contributed by atoms with van der Waals surface area (Å²) in [5.74, 6) is -2.03. The zero-order valence-corrected chi connectivity index (χ0v) is 28.1. The molecule has 2 aromatic rings. The van der Waals surface area contributed by atoms with Gasteiger partial charge in [-0.3, -0.25) is 23.6 Å². The zero-order chi connectivity index (χ0) is 32.9. The minimum Gasteiger partial charge on any atom is -0.353 e. The van der Waals surface area contributed by atoms with Gasteiger partial charge in [0.15, 0.2) is 11.9 Å². The van der Waals surface area contributed by atoms with Gasteiger partial charge < -0.3 is 15.5 Å². The quantitative estimate of drug-likeness (QED) is 0.193. The zero-order valence-electron chi connectivity index (χ0n) is 24.1. The number of rotatable bonds is 13. The highest BCUT2D eigenvalue weighted by molar-refractivity contribution is 8.00. The molecule has 0 bridgehead atoms. The van der Waals surface area contributed by atoms with Crippen LogP contribution in [-0.4, -0.2) is 80.8 Å². The average molecular weight is 721 g/mol. The molecule has 2 aromatic carbocycles. The lowest BCUT2D eigenvalue weighted by Gasteiger charge is -2.22. The highest BCUT2D eigenvalue weighted by atomic mass is 35.5. The van der Waals surface area contributed by atoms with Crippen LogP contribution in [0.5, 0.6) is 0 Å². The van der Waals surface area contributed by atoms with Crippen LogP contribution < -0.4 is 20.4 Å². The highest BCUT2D eigenvalue weighted by Gasteiger charge is 2.36. The first-order valence-electron chi connectivity index (χ1n) is 13.8. The number of nitrogens with one attached hydrogen (secondary N) is 3. The Morgan fingerprint density at radius 3 is 2.27 bits per heavy atom. The molecule has 0 fully saturated rings. The second kappa shape index (κ2) is 14.9. The molecule has 0 aliphatic carbocycles. The van der Waals surface area contributed by atoms with Crippen molar-refractivity contribution >= 4 is 78.4 Å². The molecule has 0 spiro atoms. The molecule has 45 heavy (non-hydrogen) atoms. The van der Waals surface area contributed by atoms with Crippen LogP contribution in [0, 0.1) is 0 Å². The van der Waals surface area contributed by atoms with E-state index in [4.69, 9.17) is 32.3 Å². The van der Waals surface area contributed by atoms with E-state index >= 15 is 0 Å². The van der Waals surface area contributed by atoms with Gasteiger partial charge >= 0.3 is 0 Å². The van der Waals surface area contributed by atoms with Crippen LogP contribution in [0.25, 0.3) is 0 Å². The third-order valence-electron chi connectivity index (χ3n) is 7.08. The van der Waals surface area contributed by atoms with E-state index < -0.39 is 43.6 Å². The van der Waals surface area contributed by atoms with Crippen molar-refractivity contribution in [2.24, 2.45) is 0 Å². The lowest BCUT2D eigenvalue weighted by atomic mass is 10.1. The van der Waals surface area contributed by atoms with Crippen molar-refractivity contribution in [1.29, 1.82) is 0 Å². The van der Waals surface area contributed by atoms with E-state index in [1.165, 1.54) is 0 Å². The Balaban J connectivity index is 1.59. The summed E-state index contributed by atoms with van der Waals surface area (Å²) < 4.78 is 62.2. The molecule has 2 atom stereocenters. The van der Waals surface area contributed by atoms with Crippen molar-refractivity contribution in [2.75, 3.05) is 42.6 Å². The number of benzene rings is 2. The SMILES string of the molecule is CCC(=C\C1Sc2ccc(Cl)cc2[NH+]1CC(=O)NCCS(=O)(=O)O)/C=C1\Cc2ccc(Cl)cc2N1CC(=O)NCCS(=O)(=O)O. The van der Waals surface area contributed by atoms with E-state index in [1.807, 2.05) is 36.1 Å². The van der Waals surface area contributed by atoms with E-state index in [-0.39, 0.29) is 31.6 Å². The first-order valence-corrected chi connectivity index (χ1v) is 18.7. The minimum atomic E-state index is -4.22. The number of carbonyl (C=O) groups is 2. The molecule has 2 amide bonds. The average Bonchev–Trinajstić information content (AvgIpc) is 3.43.